The van der Waals surface area contributed by atoms with Gasteiger partial charge >= 0.3 is 71.6 Å². The minimum absolute atomic E-state index is 0.0398. The molecule has 10 aliphatic carbocycles. The zero-order valence-corrected chi connectivity index (χ0v) is 76.4. The third-order valence-electron chi connectivity index (χ3n) is 26.1. The van der Waals surface area contributed by atoms with E-state index in [-0.39, 0.29) is 139 Å². The quantitative estimate of drug-likeness (QED) is 0.0319. The normalized spacial score (nSPS) is 37.5. The van der Waals surface area contributed by atoms with E-state index in [9.17, 15) is 57.5 Å². The van der Waals surface area contributed by atoms with Gasteiger partial charge in [0.15, 0.2) is 12.2 Å². The molecule has 30 unspecified atom stereocenters. The fourth-order valence-corrected chi connectivity index (χ4v) is 22.1. The van der Waals surface area contributed by atoms with E-state index in [1.54, 1.807) is 20.8 Å². The van der Waals surface area contributed by atoms with E-state index in [1.807, 2.05) is 41.5 Å². The Morgan fingerprint density at radius 3 is 0.905 bits per heavy atom. The number of ether oxygens (including phenoxy) is 15. The number of hydrogen-bond acceptors (Lipinski definition) is 27. The Bertz CT molecular complexity index is 3570. The molecule has 0 aromatic carbocycles. The molecule has 20 rings (SSSR count). The van der Waals surface area contributed by atoms with Crippen molar-refractivity contribution in [2.24, 2.45) is 59.2 Å². The molecule has 10 heterocycles. The Balaban J connectivity index is 0.000000143. The Morgan fingerprint density at radius 1 is 0.310 bits per heavy atom. The molecule has 652 valence electrons. The van der Waals surface area contributed by atoms with Crippen molar-refractivity contribution in [3.63, 3.8) is 0 Å². The van der Waals surface area contributed by atoms with Gasteiger partial charge in [0.1, 0.15) is 65.9 Å². The second kappa shape index (κ2) is 39.6. The van der Waals surface area contributed by atoms with E-state index in [4.69, 9.17) is 71.1 Å². The van der Waals surface area contributed by atoms with Gasteiger partial charge in [-0.25, -0.2) is 9.59 Å². The van der Waals surface area contributed by atoms with Crippen molar-refractivity contribution in [2.75, 3.05) is 0 Å². The highest BCUT2D eigenvalue weighted by molar-refractivity contribution is 9.10. The number of esters is 12. The summed E-state index contributed by atoms with van der Waals surface area (Å²) in [5, 5.41) is 0. The smallest absolute Gasteiger partial charge is 0.347 e. The van der Waals surface area contributed by atoms with Crippen molar-refractivity contribution in [2.45, 2.75) is 388 Å². The predicted octanol–water partition coefficient (Wildman–Crippen LogP) is 14.6. The monoisotopic (exact) mass is 1950 g/mol. The Hall–Kier alpha value is -4.08. The summed E-state index contributed by atoms with van der Waals surface area (Å²) in [5.41, 5.74) is -2.44. The molecule has 0 aromatic rings. The second-order valence-corrected chi connectivity index (χ2v) is 41.5. The molecule has 0 aromatic heterocycles. The first-order chi connectivity index (χ1) is 54.9. The van der Waals surface area contributed by atoms with Gasteiger partial charge in [-0.15, -0.1) is 0 Å². The molecule has 20 bridgehead atoms. The molecule has 0 spiro atoms. The predicted molar refractivity (Wildman–Crippen MR) is 431 cm³/mol. The van der Waals surface area contributed by atoms with E-state index >= 15 is 0 Å². The van der Waals surface area contributed by atoms with Crippen LogP contribution in [0.5, 0.6) is 0 Å². The summed E-state index contributed by atoms with van der Waals surface area (Å²) < 4.78 is 84.9. The lowest BCUT2D eigenvalue weighted by molar-refractivity contribution is -0.237. The highest BCUT2D eigenvalue weighted by Crippen LogP contribution is 2.57. The van der Waals surface area contributed by atoms with Gasteiger partial charge in [0.05, 0.1) is 46.4 Å². The van der Waals surface area contributed by atoms with Gasteiger partial charge in [-0.3, -0.25) is 47.9 Å². The molecule has 27 nitrogen and oxygen atoms in total. The van der Waals surface area contributed by atoms with Gasteiger partial charge in [0.25, 0.3) is 0 Å². The van der Waals surface area contributed by atoms with E-state index in [0.29, 0.717) is 119 Å². The zero-order chi connectivity index (χ0) is 84.1. The Morgan fingerprint density at radius 2 is 0.586 bits per heavy atom. The number of carbonyl (C=O) groups excluding carboxylic acids is 12. The highest BCUT2D eigenvalue weighted by Gasteiger charge is 2.60. The van der Waals surface area contributed by atoms with Gasteiger partial charge in [-0.05, 0) is 198 Å². The van der Waals surface area contributed by atoms with Crippen molar-refractivity contribution >= 4 is 151 Å². The first-order valence-electron chi connectivity index (χ1n) is 42.7. The average Bonchev–Trinajstić information content (AvgIpc) is 1.60. The fraction of sp³-hybridized carbons (Fsp3) is 0.857. The second-order valence-electron chi connectivity index (χ2n) is 35.7. The maximum Gasteiger partial charge on any atom is 0.347 e. The summed E-state index contributed by atoms with van der Waals surface area (Å²) in [4.78, 5) is 143. The van der Waals surface area contributed by atoms with Crippen molar-refractivity contribution in [1.82, 2.24) is 0 Å². The van der Waals surface area contributed by atoms with E-state index < -0.39 is 75.8 Å². The molecule has 0 N–H and O–H groups in total. The van der Waals surface area contributed by atoms with Crippen LogP contribution in [0.4, 0.5) is 0 Å². The van der Waals surface area contributed by atoms with E-state index in [0.717, 1.165) is 116 Å². The number of alkyl halides is 5. The summed E-state index contributed by atoms with van der Waals surface area (Å²) in [6, 6.07) is 0. The SMILES string of the molecule is CCC(Br)C(=O)OC(C)C(=O)OC12CC3CC(C1)OC(=O)C(C3)C2.CCC(Br)C(=O)OC(C)OC12CC3CC(C1)OC(=O)C(C3)C2.CCC(Br)C(=O)OC(CC)C(=O)OC12CC3CC(C1)OC(=O)C(C3)C2.CCC(OC(=O)C(Br)CC)OC12CC3CC(C1)OC(=O)C(C3)C2.CCC(OC(=O)C(C)Br)OC12CC3CC(C1)OC(=O)C(C3)C2. The molecule has 0 amide bonds. The molecule has 10 aliphatic heterocycles. The number of hydrogen-bond donors (Lipinski definition) is 0. The van der Waals surface area contributed by atoms with E-state index in [1.165, 1.54) is 6.92 Å². The molecule has 30 atom stereocenters. The maximum atomic E-state index is 12.7. The summed E-state index contributed by atoms with van der Waals surface area (Å²) >= 11 is 16.3. The summed E-state index contributed by atoms with van der Waals surface area (Å²) in [5.74, 6) is -1.84. The Kier molecular flexibility index (Phi) is 31.6. The average molecular weight is 1960 g/mol. The van der Waals surface area contributed by atoms with Crippen LogP contribution >= 0.6 is 79.6 Å². The van der Waals surface area contributed by atoms with Gasteiger partial charge in [0, 0.05) is 57.8 Å². The molecule has 10 saturated carbocycles. The minimum atomic E-state index is -0.963. The minimum Gasteiger partial charge on any atom is -0.462 e. The van der Waals surface area contributed by atoms with Crippen LogP contribution < -0.4 is 0 Å². The molecule has 0 radical (unpaired) electrons. The van der Waals surface area contributed by atoms with Crippen LogP contribution in [-0.4, -0.2) is 185 Å². The first-order valence-corrected chi connectivity index (χ1v) is 47.2. The van der Waals surface area contributed by atoms with Crippen LogP contribution in [0, 0.1) is 59.2 Å². The molecular formula is C84H119Br5O27. The van der Waals surface area contributed by atoms with Gasteiger partial charge < -0.3 is 71.1 Å². The van der Waals surface area contributed by atoms with Crippen LogP contribution in [0.3, 0.4) is 0 Å². The number of rotatable bonds is 27. The summed E-state index contributed by atoms with van der Waals surface area (Å²) in [6.45, 7) is 18.2. The van der Waals surface area contributed by atoms with Gasteiger partial charge in [0.2, 0.25) is 18.9 Å². The van der Waals surface area contributed by atoms with Crippen molar-refractivity contribution in [1.29, 1.82) is 0 Å². The van der Waals surface area contributed by atoms with Gasteiger partial charge in [-0.1, -0.05) is 128 Å². The fourth-order valence-electron chi connectivity index (χ4n) is 21.6. The number of fused-ring (bicyclic) bond motifs is 5. The maximum absolute atomic E-state index is 12.7. The third-order valence-corrected chi connectivity index (χ3v) is 30.6. The van der Waals surface area contributed by atoms with Crippen LogP contribution in [0.1, 0.15) is 275 Å². The summed E-state index contributed by atoms with van der Waals surface area (Å²) in [6.07, 6.45) is 19.7. The number of halogens is 5. The lowest BCUT2D eigenvalue weighted by Gasteiger charge is -2.47. The molecular weight excluding hydrogens is 1840 g/mol. The standard InChI is InChI=1S/C18H25BrO6.C17H23BrO6.C17H25BrO5.2C16H23BrO5/c1-3-13(19)16(21)24-14(4-2)17(22)25-18-7-10-5-11(8-18)15(20)23-12(6-10)9-18;1-3-13(18)16(21)22-9(2)14(19)24-17-6-10-4-11(7-17)15(20)23-12(5-10)8-17;1-3-13(18)16(20)22-14(4-2)23-17-7-10-5-11(8-17)15(19)21-12(6-10)9-17;1-3-13(17)15(19)20-9(2)22-16-6-10-4-11(7-16)14(18)21-12(5-10)8-16;1-3-13(21-14(18)9(2)17)22-16-6-10-4-11(7-16)15(19)20-12(5-10)8-16/h10-14H,3-9H2,1-2H3;9-13H,3-8H2,1-2H3;10-14H,3-9H2,1-2H3;2*9-13H,3-8H2,1-2H3. The van der Waals surface area contributed by atoms with Crippen LogP contribution in [0.15, 0.2) is 0 Å². The largest absolute Gasteiger partial charge is 0.462 e. The van der Waals surface area contributed by atoms with E-state index in [2.05, 4.69) is 79.6 Å². The Labute approximate surface area is 722 Å². The molecule has 10 saturated heterocycles. The van der Waals surface area contributed by atoms with Crippen LogP contribution in [0.25, 0.3) is 0 Å². The van der Waals surface area contributed by atoms with Gasteiger partial charge in [-0.2, -0.15) is 0 Å². The lowest BCUT2D eigenvalue weighted by atomic mass is 9.65. The first kappa shape index (κ1) is 92.6. The highest BCUT2D eigenvalue weighted by atomic mass is 79.9. The van der Waals surface area contributed by atoms with Crippen molar-refractivity contribution in [3.05, 3.63) is 0 Å². The van der Waals surface area contributed by atoms with Crippen molar-refractivity contribution < 1.29 is 129 Å². The zero-order valence-electron chi connectivity index (χ0n) is 68.5. The third kappa shape index (κ3) is 23.0. The molecule has 116 heavy (non-hydrogen) atoms. The summed E-state index contributed by atoms with van der Waals surface area (Å²) in [7, 11) is 0. The lowest BCUT2D eigenvalue weighted by Crippen LogP contribution is -2.49. The van der Waals surface area contributed by atoms with Crippen molar-refractivity contribution in [3.8, 4) is 0 Å². The molecule has 32 heteroatoms. The molecule has 20 aliphatic rings. The van der Waals surface area contributed by atoms with Crippen LogP contribution in [-0.2, 0) is 129 Å². The number of carbonyl (C=O) groups is 12. The molecule has 20 fully saturated rings. The van der Waals surface area contributed by atoms with Crippen LogP contribution in [0.2, 0.25) is 0 Å². The topological polar surface area (TPSA) is 343 Å².